The molecule has 0 aliphatic carbocycles. The van der Waals surface area contributed by atoms with E-state index in [1.54, 1.807) is 17.6 Å². The summed E-state index contributed by atoms with van der Waals surface area (Å²) in [5.74, 6) is -0.190. The molecular formula is C15H16N2O2S. The van der Waals surface area contributed by atoms with Crippen LogP contribution in [0.2, 0.25) is 0 Å². The Morgan fingerprint density at radius 2 is 2.15 bits per heavy atom. The third-order valence-corrected chi connectivity index (χ3v) is 3.48. The van der Waals surface area contributed by atoms with Crippen LogP contribution in [-0.2, 0) is 9.63 Å². The van der Waals surface area contributed by atoms with Gasteiger partial charge in [0, 0.05) is 4.88 Å². The summed E-state index contributed by atoms with van der Waals surface area (Å²) in [5.41, 5.74) is 1.06. The van der Waals surface area contributed by atoms with E-state index < -0.39 is 0 Å². The minimum Gasteiger partial charge on any atom is -0.386 e. The molecule has 1 aromatic carbocycles. The molecule has 104 valence electrons. The molecule has 2 rings (SSSR count). The van der Waals surface area contributed by atoms with Crippen LogP contribution in [-0.4, -0.2) is 18.7 Å². The van der Waals surface area contributed by atoms with E-state index in [9.17, 15) is 4.79 Å². The average Bonchev–Trinajstić information content (AvgIpc) is 2.98. The van der Waals surface area contributed by atoms with Gasteiger partial charge in [-0.2, -0.15) is 0 Å². The van der Waals surface area contributed by atoms with Gasteiger partial charge in [0.2, 0.25) is 0 Å². The topological polar surface area (TPSA) is 50.7 Å². The summed E-state index contributed by atoms with van der Waals surface area (Å²) in [7, 11) is 0. The van der Waals surface area contributed by atoms with Gasteiger partial charge in [0.05, 0.1) is 12.3 Å². The summed E-state index contributed by atoms with van der Waals surface area (Å²) < 4.78 is 0. The van der Waals surface area contributed by atoms with Gasteiger partial charge >= 0.3 is 0 Å². The number of thiophene rings is 1. The van der Waals surface area contributed by atoms with E-state index >= 15 is 0 Å². The number of hydrogen-bond acceptors (Lipinski definition) is 4. The van der Waals surface area contributed by atoms with E-state index in [0.29, 0.717) is 0 Å². The predicted molar refractivity (Wildman–Crippen MR) is 80.9 cm³/mol. The van der Waals surface area contributed by atoms with E-state index in [0.717, 1.165) is 10.4 Å². The number of amides is 1. The first-order valence-electron chi connectivity index (χ1n) is 6.29. The highest BCUT2D eigenvalue weighted by atomic mass is 32.1. The van der Waals surface area contributed by atoms with E-state index in [1.807, 2.05) is 54.8 Å². The zero-order valence-corrected chi connectivity index (χ0v) is 12.0. The lowest BCUT2D eigenvalue weighted by molar-refractivity contribution is -0.126. The summed E-state index contributed by atoms with van der Waals surface area (Å²) in [6, 6.07) is 13.6. The van der Waals surface area contributed by atoms with Crippen LogP contribution in [0.5, 0.6) is 0 Å². The van der Waals surface area contributed by atoms with Crippen molar-refractivity contribution in [2.24, 2.45) is 5.16 Å². The fourth-order valence-electron chi connectivity index (χ4n) is 1.66. The van der Waals surface area contributed by atoms with Crippen LogP contribution < -0.4 is 5.32 Å². The molecule has 1 aromatic heterocycles. The highest BCUT2D eigenvalue weighted by Crippen LogP contribution is 2.10. The second kappa shape index (κ2) is 7.45. The molecule has 20 heavy (non-hydrogen) atoms. The summed E-state index contributed by atoms with van der Waals surface area (Å²) in [5, 5.41) is 8.57. The molecule has 0 fully saturated rings. The van der Waals surface area contributed by atoms with Gasteiger partial charge in [-0.25, -0.2) is 0 Å². The number of carbonyl (C=O) groups excluding carboxylic acids is 1. The molecule has 2 aromatic rings. The van der Waals surface area contributed by atoms with E-state index in [4.69, 9.17) is 4.84 Å². The minimum absolute atomic E-state index is 0.0476. The van der Waals surface area contributed by atoms with Gasteiger partial charge in [-0.1, -0.05) is 41.6 Å². The maximum atomic E-state index is 11.7. The summed E-state index contributed by atoms with van der Waals surface area (Å²) in [4.78, 5) is 17.6. The van der Waals surface area contributed by atoms with Crippen LogP contribution in [0.4, 0.5) is 0 Å². The number of carbonyl (C=O) groups is 1. The Bertz CT molecular complexity index is 553. The molecule has 0 saturated carbocycles. The molecule has 5 heteroatoms. The van der Waals surface area contributed by atoms with E-state index in [1.165, 1.54) is 0 Å². The summed E-state index contributed by atoms with van der Waals surface area (Å²) >= 11 is 1.56. The Morgan fingerprint density at radius 3 is 2.85 bits per heavy atom. The molecule has 0 aliphatic heterocycles. The van der Waals surface area contributed by atoms with Crippen molar-refractivity contribution in [3.8, 4) is 0 Å². The monoisotopic (exact) mass is 288 g/mol. The number of nitrogens with zero attached hydrogens (tertiary/aromatic N) is 1. The molecule has 1 N–H and O–H groups in total. The maximum Gasteiger partial charge on any atom is 0.261 e. The lowest BCUT2D eigenvalue weighted by atomic mass is 10.1. The summed E-state index contributed by atoms with van der Waals surface area (Å²) in [6.45, 7) is 1.85. The van der Waals surface area contributed by atoms with Crippen LogP contribution in [0.15, 0.2) is 53.0 Å². The fourth-order valence-corrected chi connectivity index (χ4v) is 2.23. The highest BCUT2D eigenvalue weighted by molar-refractivity contribution is 7.11. The van der Waals surface area contributed by atoms with Crippen LogP contribution in [0, 0.1) is 0 Å². The highest BCUT2D eigenvalue weighted by Gasteiger charge is 2.08. The third-order valence-electron chi connectivity index (χ3n) is 2.67. The Hall–Kier alpha value is -2.14. The van der Waals surface area contributed by atoms with Crippen molar-refractivity contribution in [2.75, 3.05) is 6.61 Å². The smallest absolute Gasteiger partial charge is 0.261 e. The summed E-state index contributed by atoms with van der Waals surface area (Å²) in [6.07, 6.45) is 1.60. The molecule has 0 aliphatic rings. The largest absolute Gasteiger partial charge is 0.386 e. The van der Waals surface area contributed by atoms with Gasteiger partial charge in [-0.05, 0) is 23.9 Å². The van der Waals surface area contributed by atoms with Crippen molar-refractivity contribution in [1.82, 2.24) is 5.32 Å². The maximum absolute atomic E-state index is 11.7. The molecule has 0 radical (unpaired) electrons. The predicted octanol–water partition coefficient (Wildman–Crippen LogP) is 2.98. The molecule has 0 spiro atoms. The molecular weight excluding hydrogens is 272 g/mol. The zero-order chi connectivity index (χ0) is 14.2. The van der Waals surface area contributed by atoms with Crippen LogP contribution in [0.1, 0.15) is 23.4 Å². The minimum atomic E-state index is -0.190. The van der Waals surface area contributed by atoms with Crippen molar-refractivity contribution in [3.63, 3.8) is 0 Å². The number of nitrogens with one attached hydrogen (secondary N) is 1. The zero-order valence-electron chi connectivity index (χ0n) is 11.2. The molecule has 1 unspecified atom stereocenters. The van der Waals surface area contributed by atoms with Gasteiger partial charge in [-0.15, -0.1) is 11.3 Å². The van der Waals surface area contributed by atoms with Crippen LogP contribution in [0.3, 0.4) is 0 Å². The Labute approximate surface area is 122 Å². The SMILES string of the molecule is CC(NC(=O)CO/N=C/c1cccs1)c1ccccc1. The second-order valence-electron chi connectivity index (χ2n) is 4.22. The number of hydrogen-bond donors (Lipinski definition) is 1. The van der Waals surface area contributed by atoms with Crippen LogP contribution in [0.25, 0.3) is 0 Å². The molecule has 0 saturated heterocycles. The van der Waals surface area contributed by atoms with Crippen molar-refractivity contribution >= 4 is 23.5 Å². The first-order chi connectivity index (χ1) is 9.75. The van der Waals surface area contributed by atoms with Gasteiger partial charge in [-0.3, -0.25) is 4.79 Å². The van der Waals surface area contributed by atoms with Crippen molar-refractivity contribution in [3.05, 3.63) is 58.3 Å². The third kappa shape index (κ3) is 4.51. The van der Waals surface area contributed by atoms with Gasteiger partial charge in [0.15, 0.2) is 6.61 Å². The molecule has 1 atom stereocenters. The Balaban J connectivity index is 1.73. The van der Waals surface area contributed by atoms with Gasteiger partial charge in [0.25, 0.3) is 5.91 Å². The quantitative estimate of drug-likeness (QED) is 0.656. The van der Waals surface area contributed by atoms with Crippen molar-refractivity contribution < 1.29 is 9.63 Å². The van der Waals surface area contributed by atoms with E-state index in [2.05, 4.69) is 10.5 Å². The Kier molecular flexibility index (Phi) is 5.32. The van der Waals surface area contributed by atoms with Gasteiger partial charge < -0.3 is 10.2 Å². The molecule has 1 heterocycles. The first-order valence-corrected chi connectivity index (χ1v) is 7.17. The normalized spacial score (nSPS) is 12.2. The Morgan fingerprint density at radius 1 is 1.35 bits per heavy atom. The lowest BCUT2D eigenvalue weighted by Gasteiger charge is -2.13. The van der Waals surface area contributed by atoms with Crippen molar-refractivity contribution in [2.45, 2.75) is 13.0 Å². The molecule has 0 bridgehead atoms. The standard InChI is InChI=1S/C15H16N2O2S/c1-12(13-6-3-2-4-7-13)17-15(18)11-19-16-10-14-8-5-9-20-14/h2-10,12H,11H2,1H3,(H,17,18)/b16-10+. The molecule has 1 amide bonds. The molecule has 4 nitrogen and oxygen atoms in total. The number of oxime groups is 1. The number of rotatable bonds is 6. The number of benzene rings is 1. The van der Waals surface area contributed by atoms with Crippen molar-refractivity contribution in [1.29, 1.82) is 0 Å². The van der Waals surface area contributed by atoms with Gasteiger partial charge in [0.1, 0.15) is 0 Å². The average molecular weight is 288 g/mol. The fraction of sp³-hybridized carbons (Fsp3) is 0.200. The second-order valence-corrected chi connectivity index (χ2v) is 5.20. The lowest BCUT2D eigenvalue weighted by Crippen LogP contribution is -2.29. The first kappa shape index (κ1) is 14.3. The van der Waals surface area contributed by atoms with E-state index in [-0.39, 0.29) is 18.6 Å². The van der Waals surface area contributed by atoms with Crippen LogP contribution >= 0.6 is 11.3 Å².